The summed E-state index contributed by atoms with van der Waals surface area (Å²) in [4.78, 5) is 23.2. The fourth-order valence-corrected chi connectivity index (χ4v) is 2.41. The second kappa shape index (κ2) is 6.71. The van der Waals surface area contributed by atoms with Crippen molar-refractivity contribution in [1.82, 2.24) is 5.32 Å². The average molecular weight is 331 g/mol. The van der Waals surface area contributed by atoms with Gasteiger partial charge in [-0.2, -0.15) is 0 Å². The molecule has 1 heterocycles. The lowest BCUT2D eigenvalue weighted by Crippen LogP contribution is -2.26. The van der Waals surface area contributed by atoms with Gasteiger partial charge in [-0.25, -0.2) is 0 Å². The molecule has 0 saturated heterocycles. The number of hydrogen-bond donors (Lipinski definition) is 2. The molecule has 0 spiro atoms. The van der Waals surface area contributed by atoms with E-state index in [2.05, 4.69) is 10.6 Å². The first-order chi connectivity index (χ1) is 11.1. The van der Waals surface area contributed by atoms with Crippen molar-refractivity contribution in [3.05, 3.63) is 58.6 Å². The maximum absolute atomic E-state index is 12.0. The Labute approximate surface area is 138 Å². The van der Waals surface area contributed by atoms with E-state index in [0.717, 1.165) is 11.1 Å². The number of carbonyl (C=O) groups is 2. The van der Waals surface area contributed by atoms with Crippen molar-refractivity contribution in [1.29, 1.82) is 0 Å². The molecular formula is C17H15ClN2O3. The van der Waals surface area contributed by atoms with Gasteiger partial charge in [-0.1, -0.05) is 29.8 Å². The van der Waals surface area contributed by atoms with Gasteiger partial charge in [-0.3, -0.25) is 9.59 Å². The predicted octanol–water partition coefficient (Wildman–Crippen LogP) is 2.53. The lowest BCUT2D eigenvalue weighted by atomic mass is 10.1. The lowest BCUT2D eigenvalue weighted by Gasteiger charge is -2.18. The van der Waals surface area contributed by atoms with Crippen molar-refractivity contribution < 1.29 is 14.3 Å². The molecular weight excluding hydrogens is 316 g/mol. The summed E-state index contributed by atoms with van der Waals surface area (Å²) in [6.07, 6.45) is 0.300. The molecule has 0 unspecified atom stereocenters. The van der Waals surface area contributed by atoms with E-state index >= 15 is 0 Å². The molecule has 1 aliphatic rings. The quantitative estimate of drug-likeness (QED) is 0.905. The Bertz CT molecular complexity index is 744. The lowest BCUT2D eigenvalue weighted by molar-refractivity contribution is -0.120. The fraction of sp³-hybridized carbons (Fsp3) is 0.176. The minimum absolute atomic E-state index is 0.0133. The third-order valence-electron chi connectivity index (χ3n) is 3.45. The van der Waals surface area contributed by atoms with Crippen LogP contribution in [0.1, 0.15) is 11.1 Å². The summed E-state index contributed by atoms with van der Waals surface area (Å²) in [5, 5.41) is 6.24. The number of hydrogen-bond acceptors (Lipinski definition) is 3. The van der Waals surface area contributed by atoms with Crippen LogP contribution in [0.3, 0.4) is 0 Å². The molecule has 5 nitrogen and oxygen atoms in total. The van der Waals surface area contributed by atoms with Crippen LogP contribution in [-0.4, -0.2) is 18.4 Å². The molecule has 2 N–H and O–H groups in total. The maximum atomic E-state index is 12.0. The van der Waals surface area contributed by atoms with Gasteiger partial charge in [0.25, 0.3) is 5.91 Å². The first kappa shape index (κ1) is 15.4. The number of anilines is 1. The summed E-state index contributed by atoms with van der Waals surface area (Å²) in [6, 6.07) is 12.6. The summed E-state index contributed by atoms with van der Waals surface area (Å²) in [5.74, 6) is 0.384. The highest BCUT2D eigenvalue weighted by atomic mass is 35.5. The zero-order valence-corrected chi connectivity index (χ0v) is 13.0. The van der Waals surface area contributed by atoms with Crippen molar-refractivity contribution in [2.45, 2.75) is 13.0 Å². The van der Waals surface area contributed by atoms with Crippen LogP contribution in [0.25, 0.3) is 0 Å². The number of nitrogens with one attached hydrogen (secondary N) is 2. The highest BCUT2D eigenvalue weighted by molar-refractivity contribution is 6.30. The molecule has 23 heavy (non-hydrogen) atoms. The van der Waals surface area contributed by atoms with Gasteiger partial charge in [0.05, 0.1) is 12.1 Å². The van der Waals surface area contributed by atoms with Crippen LogP contribution in [0.15, 0.2) is 42.5 Å². The first-order valence-electron chi connectivity index (χ1n) is 7.17. The number of carbonyl (C=O) groups excluding carboxylic acids is 2. The smallest absolute Gasteiger partial charge is 0.262 e. The molecule has 0 bridgehead atoms. The number of halogens is 1. The SMILES string of the molecule is O=C(Cc1ccc(Cl)cc1)NCc1ccc2c(c1)OCC(=O)N2. The molecule has 2 aromatic rings. The Morgan fingerprint density at radius 2 is 1.91 bits per heavy atom. The number of ether oxygens (including phenoxy) is 1. The Hall–Kier alpha value is -2.53. The molecule has 0 fully saturated rings. The third-order valence-corrected chi connectivity index (χ3v) is 3.70. The first-order valence-corrected chi connectivity index (χ1v) is 7.55. The van der Waals surface area contributed by atoms with E-state index < -0.39 is 0 Å². The van der Waals surface area contributed by atoms with Gasteiger partial charge < -0.3 is 15.4 Å². The second-order valence-corrected chi connectivity index (χ2v) is 5.68. The Kier molecular flexibility index (Phi) is 4.48. The van der Waals surface area contributed by atoms with Gasteiger partial charge in [0.1, 0.15) is 5.75 Å². The normalized spacial score (nSPS) is 12.8. The molecule has 0 aromatic heterocycles. The summed E-state index contributed by atoms with van der Waals surface area (Å²) < 4.78 is 5.35. The van der Waals surface area contributed by atoms with Crippen LogP contribution < -0.4 is 15.4 Å². The second-order valence-electron chi connectivity index (χ2n) is 5.25. The number of benzene rings is 2. The average Bonchev–Trinajstić information content (AvgIpc) is 2.55. The minimum atomic E-state index is -0.165. The van der Waals surface area contributed by atoms with Crippen LogP contribution in [0.5, 0.6) is 5.75 Å². The Morgan fingerprint density at radius 3 is 2.70 bits per heavy atom. The molecule has 1 aliphatic heterocycles. The highest BCUT2D eigenvalue weighted by Crippen LogP contribution is 2.28. The molecule has 3 rings (SSSR count). The minimum Gasteiger partial charge on any atom is -0.482 e. The van der Waals surface area contributed by atoms with Gasteiger partial charge in [-0.05, 0) is 35.4 Å². The Balaban J connectivity index is 1.56. The van der Waals surface area contributed by atoms with Crippen molar-refractivity contribution in [3.63, 3.8) is 0 Å². The van der Waals surface area contributed by atoms with Crippen LogP contribution in [0, 0.1) is 0 Å². The number of amides is 2. The van der Waals surface area contributed by atoms with Crippen molar-refractivity contribution >= 4 is 29.1 Å². The highest BCUT2D eigenvalue weighted by Gasteiger charge is 2.15. The van der Waals surface area contributed by atoms with Crippen molar-refractivity contribution in [2.24, 2.45) is 0 Å². The summed E-state index contributed by atoms with van der Waals surface area (Å²) in [6.45, 7) is 0.413. The van der Waals surface area contributed by atoms with Crippen molar-refractivity contribution in [3.8, 4) is 5.75 Å². The van der Waals surface area contributed by atoms with E-state index in [4.69, 9.17) is 16.3 Å². The molecule has 0 radical (unpaired) electrons. The standard InChI is InChI=1S/C17H15ClN2O3/c18-13-4-1-11(2-5-13)8-16(21)19-9-12-3-6-14-15(7-12)23-10-17(22)20-14/h1-7H,8-10H2,(H,19,21)(H,20,22). The van der Waals surface area contributed by atoms with Gasteiger partial charge in [-0.15, -0.1) is 0 Å². The number of rotatable bonds is 4. The topological polar surface area (TPSA) is 67.4 Å². The monoisotopic (exact) mass is 330 g/mol. The van der Waals surface area contributed by atoms with Crippen LogP contribution in [-0.2, 0) is 22.6 Å². The van der Waals surface area contributed by atoms with Gasteiger partial charge in [0.2, 0.25) is 5.91 Å². The van der Waals surface area contributed by atoms with Gasteiger partial charge >= 0.3 is 0 Å². The van der Waals surface area contributed by atoms with Crippen LogP contribution >= 0.6 is 11.6 Å². The molecule has 118 valence electrons. The van der Waals surface area contributed by atoms with E-state index in [-0.39, 0.29) is 18.4 Å². The molecule has 0 saturated carbocycles. The Morgan fingerprint density at radius 1 is 1.17 bits per heavy atom. The predicted molar refractivity (Wildman–Crippen MR) is 87.6 cm³/mol. The maximum Gasteiger partial charge on any atom is 0.262 e. The van der Waals surface area contributed by atoms with E-state index in [1.165, 1.54) is 0 Å². The largest absolute Gasteiger partial charge is 0.482 e. The van der Waals surface area contributed by atoms with Crippen LogP contribution in [0.4, 0.5) is 5.69 Å². The fourth-order valence-electron chi connectivity index (χ4n) is 2.28. The van der Waals surface area contributed by atoms with Crippen LogP contribution in [0.2, 0.25) is 5.02 Å². The molecule has 6 heteroatoms. The van der Waals surface area contributed by atoms with E-state index in [1.54, 1.807) is 18.2 Å². The molecule has 2 amide bonds. The summed E-state index contributed by atoms with van der Waals surface area (Å²) >= 11 is 5.82. The zero-order chi connectivity index (χ0) is 16.2. The molecule has 2 aromatic carbocycles. The van der Waals surface area contributed by atoms with Gasteiger partial charge in [0.15, 0.2) is 6.61 Å². The number of fused-ring (bicyclic) bond motifs is 1. The zero-order valence-electron chi connectivity index (χ0n) is 12.3. The molecule has 0 atom stereocenters. The molecule has 0 aliphatic carbocycles. The summed E-state index contributed by atoms with van der Waals surface area (Å²) in [5.41, 5.74) is 2.46. The van der Waals surface area contributed by atoms with Gasteiger partial charge in [0, 0.05) is 11.6 Å². The van der Waals surface area contributed by atoms with E-state index in [1.807, 2.05) is 24.3 Å². The third kappa shape index (κ3) is 4.02. The summed E-state index contributed by atoms with van der Waals surface area (Å²) in [7, 11) is 0. The van der Waals surface area contributed by atoms with Crippen molar-refractivity contribution in [2.75, 3.05) is 11.9 Å². The van der Waals surface area contributed by atoms with E-state index in [9.17, 15) is 9.59 Å². The van der Waals surface area contributed by atoms with E-state index in [0.29, 0.717) is 29.4 Å².